The molecule has 0 aliphatic carbocycles. The van der Waals surface area contributed by atoms with Crippen molar-refractivity contribution in [2.45, 2.75) is 20.3 Å². The van der Waals surface area contributed by atoms with Gasteiger partial charge in [-0.2, -0.15) is 5.10 Å². The number of nitrogens with zero attached hydrogens (tertiary/aromatic N) is 1. The zero-order valence-corrected chi connectivity index (χ0v) is 14.8. The van der Waals surface area contributed by atoms with E-state index in [1.807, 2.05) is 37.3 Å². The largest absolute Gasteiger partial charge is 0.483 e. The van der Waals surface area contributed by atoms with Crippen molar-refractivity contribution < 1.29 is 9.53 Å². The average Bonchev–Trinajstić information content (AvgIpc) is 2.91. The van der Waals surface area contributed by atoms with Crippen molar-refractivity contribution in [3.63, 3.8) is 0 Å². The molecule has 1 aromatic heterocycles. The molecule has 0 aliphatic heterocycles. The van der Waals surface area contributed by atoms with Crippen molar-refractivity contribution >= 4 is 39.4 Å². The lowest BCUT2D eigenvalue weighted by atomic mass is 10.2. The van der Waals surface area contributed by atoms with Gasteiger partial charge in [0, 0.05) is 9.75 Å². The summed E-state index contributed by atoms with van der Waals surface area (Å²) in [4.78, 5) is 13.9. The van der Waals surface area contributed by atoms with Crippen LogP contribution < -0.4 is 10.2 Å². The van der Waals surface area contributed by atoms with Gasteiger partial charge in [0.05, 0.1) is 10.7 Å². The second kappa shape index (κ2) is 8.10. The van der Waals surface area contributed by atoms with E-state index < -0.39 is 0 Å². The summed E-state index contributed by atoms with van der Waals surface area (Å²) in [5.41, 5.74) is 3.66. The number of carbonyl (C=O) groups is 1. The van der Waals surface area contributed by atoms with E-state index in [4.69, 9.17) is 4.74 Å². The lowest BCUT2D eigenvalue weighted by Gasteiger charge is -2.08. The van der Waals surface area contributed by atoms with E-state index >= 15 is 0 Å². The minimum atomic E-state index is -0.295. The van der Waals surface area contributed by atoms with Crippen molar-refractivity contribution in [1.29, 1.82) is 0 Å². The van der Waals surface area contributed by atoms with E-state index in [-0.39, 0.29) is 12.5 Å². The molecule has 0 unspecified atom stereocenters. The van der Waals surface area contributed by atoms with Crippen LogP contribution in [0.4, 0.5) is 0 Å². The van der Waals surface area contributed by atoms with Crippen molar-refractivity contribution in [2.24, 2.45) is 5.10 Å². The Kier molecular flexibility index (Phi) is 6.15. The molecule has 116 valence electrons. The quantitative estimate of drug-likeness (QED) is 0.609. The number of carbonyl (C=O) groups excluding carboxylic acids is 1. The van der Waals surface area contributed by atoms with Gasteiger partial charge < -0.3 is 4.74 Å². The first-order valence-electron chi connectivity index (χ1n) is 6.88. The highest BCUT2D eigenvalue weighted by atomic mass is 79.9. The molecule has 4 nitrogen and oxygen atoms in total. The van der Waals surface area contributed by atoms with Crippen LogP contribution in [0.2, 0.25) is 0 Å². The van der Waals surface area contributed by atoms with Crippen molar-refractivity contribution in [3.05, 3.63) is 50.1 Å². The van der Waals surface area contributed by atoms with Gasteiger partial charge in [0.2, 0.25) is 0 Å². The molecule has 0 bridgehead atoms. The molecule has 0 radical (unpaired) electrons. The summed E-state index contributed by atoms with van der Waals surface area (Å²) in [5, 5.41) is 3.91. The molecule has 0 fully saturated rings. The van der Waals surface area contributed by atoms with Crippen LogP contribution in [-0.4, -0.2) is 18.7 Å². The first kappa shape index (κ1) is 16.7. The fourth-order valence-corrected chi connectivity index (χ4v) is 3.04. The molecule has 0 spiro atoms. The van der Waals surface area contributed by atoms with E-state index in [1.54, 1.807) is 17.6 Å². The van der Waals surface area contributed by atoms with Crippen LogP contribution in [0.5, 0.6) is 5.75 Å². The number of ether oxygens (including phenoxy) is 1. The minimum Gasteiger partial charge on any atom is -0.483 e. The molecule has 1 aromatic carbocycles. The summed E-state index contributed by atoms with van der Waals surface area (Å²) >= 11 is 5.06. The number of hydrogen-bond donors (Lipinski definition) is 1. The van der Waals surface area contributed by atoms with Crippen LogP contribution in [-0.2, 0) is 11.2 Å². The third kappa shape index (κ3) is 4.96. The normalized spacial score (nSPS) is 10.9. The summed E-state index contributed by atoms with van der Waals surface area (Å²) < 4.78 is 6.32. The first-order chi connectivity index (χ1) is 10.6. The average molecular weight is 381 g/mol. The Labute approximate surface area is 142 Å². The molecule has 0 saturated heterocycles. The standard InChI is InChI=1S/C16H17BrN2O2S/c1-3-12-5-7-15(14(17)8-12)21-10-16(20)19-18-9-13-6-4-11(2)22-13/h4-9H,3,10H2,1-2H3,(H,19,20). The maximum atomic E-state index is 11.7. The van der Waals surface area contributed by atoms with Crippen LogP contribution in [0.1, 0.15) is 22.2 Å². The monoisotopic (exact) mass is 380 g/mol. The molecule has 0 aliphatic rings. The highest BCUT2D eigenvalue weighted by Crippen LogP contribution is 2.26. The van der Waals surface area contributed by atoms with E-state index in [0.717, 1.165) is 15.8 Å². The van der Waals surface area contributed by atoms with Crippen molar-refractivity contribution in [2.75, 3.05) is 6.61 Å². The molecule has 2 aromatic rings. The van der Waals surface area contributed by atoms with E-state index in [0.29, 0.717) is 5.75 Å². The van der Waals surface area contributed by atoms with Gasteiger partial charge >= 0.3 is 0 Å². The summed E-state index contributed by atoms with van der Waals surface area (Å²) in [6, 6.07) is 9.79. The Bertz CT molecular complexity index is 683. The maximum Gasteiger partial charge on any atom is 0.277 e. The molecule has 1 amide bonds. The van der Waals surface area contributed by atoms with Gasteiger partial charge in [-0.05, 0) is 59.1 Å². The Morgan fingerprint density at radius 3 is 2.86 bits per heavy atom. The molecule has 1 heterocycles. The van der Waals surface area contributed by atoms with Gasteiger partial charge in [-0.3, -0.25) is 4.79 Å². The summed E-state index contributed by atoms with van der Waals surface area (Å²) in [6.45, 7) is 4.03. The van der Waals surface area contributed by atoms with Gasteiger partial charge in [0.25, 0.3) is 5.91 Å². The molecule has 1 N–H and O–H groups in total. The molecule has 2 rings (SSSR count). The third-order valence-corrected chi connectivity index (χ3v) is 4.46. The lowest BCUT2D eigenvalue weighted by molar-refractivity contribution is -0.123. The smallest absolute Gasteiger partial charge is 0.277 e. The number of thiophene rings is 1. The number of nitrogens with one attached hydrogen (secondary N) is 1. The molecule has 22 heavy (non-hydrogen) atoms. The van der Waals surface area contributed by atoms with Crippen LogP contribution in [0.25, 0.3) is 0 Å². The van der Waals surface area contributed by atoms with Gasteiger partial charge in [-0.15, -0.1) is 11.3 Å². The zero-order chi connectivity index (χ0) is 15.9. The van der Waals surface area contributed by atoms with Crippen molar-refractivity contribution in [1.82, 2.24) is 5.43 Å². The van der Waals surface area contributed by atoms with Gasteiger partial charge in [-0.1, -0.05) is 13.0 Å². The number of rotatable bonds is 6. The number of halogens is 1. The summed E-state index contributed by atoms with van der Waals surface area (Å²) in [7, 11) is 0. The Morgan fingerprint density at radius 1 is 1.41 bits per heavy atom. The van der Waals surface area contributed by atoms with Crippen molar-refractivity contribution in [3.8, 4) is 5.75 Å². The highest BCUT2D eigenvalue weighted by molar-refractivity contribution is 9.10. The van der Waals surface area contributed by atoms with Crippen LogP contribution in [0.15, 0.2) is 39.9 Å². The molecular formula is C16H17BrN2O2S. The van der Waals surface area contributed by atoms with Crippen LogP contribution in [0.3, 0.4) is 0 Å². The predicted octanol–water partition coefficient (Wildman–Crippen LogP) is 3.91. The number of hydrogen-bond acceptors (Lipinski definition) is 4. The zero-order valence-electron chi connectivity index (χ0n) is 12.4. The molecule has 0 atom stereocenters. The first-order valence-corrected chi connectivity index (χ1v) is 8.49. The fourth-order valence-electron chi connectivity index (χ4n) is 1.75. The number of amides is 1. The molecular weight excluding hydrogens is 364 g/mol. The predicted molar refractivity (Wildman–Crippen MR) is 93.8 cm³/mol. The SMILES string of the molecule is CCc1ccc(OCC(=O)NN=Cc2ccc(C)s2)c(Br)c1. The summed E-state index contributed by atoms with van der Waals surface area (Å²) in [5.74, 6) is 0.348. The maximum absolute atomic E-state index is 11.7. The second-order valence-corrected chi connectivity index (χ2v) is 6.82. The van der Waals surface area contributed by atoms with Gasteiger partial charge in [-0.25, -0.2) is 5.43 Å². The van der Waals surface area contributed by atoms with Gasteiger partial charge in [0.1, 0.15) is 5.75 Å². The Balaban J connectivity index is 1.81. The number of benzene rings is 1. The molecule has 0 saturated carbocycles. The third-order valence-electron chi connectivity index (χ3n) is 2.91. The minimum absolute atomic E-state index is 0.0785. The Hall–Kier alpha value is -1.66. The fraction of sp³-hybridized carbons (Fsp3) is 0.250. The molecule has 6 heteroatoms. The number of hydrazone groups is 1. The topological polar surface area (TPSA) is 50.7 Å². The second-order valence-electron chi connectivity index (χ2n) is 4.65. The van der Waals surface area contributed by atoms with Crippen LogP contribution >= 0.6 is 27.3 Å². The highest BCUT2D eigenvalue weighted by Gasteiger charge is 2.05. The van der Waals surface area contributed by atoms with Crippen LogP contribution in [0, 0.1) is 6.92 Å². The van der Waals surface area contributed by atoms with E-state index in [1.165, 1.54) is 10.4 Å². The Morgan fingerprint density at radius 2 is 2.23 bits per heavy atom. The van der Waals surface area contributed by atoms with E-state index in [9.17, 15) is 4.79 Å². The summed E-state index contributed by atoms with van der Waals surface area (Å²) in [6.07, 6.45) is 2.58. The van der Waals surface area contributed by atoms with Gasteiger partial charge in [0.15, 0.2) is 6.61 Å². The lowest BCUT2D eigenvalue weighted by Crippen LogP contribution is -2.24. The van der Waals surface area contributed by atoms with E-state index in [2.05, 4.69) is 33.4 Å². The number of aryl methyl sites for hydroxylation is 2.